The lowest BCUT2D eigenvalue weighted by Gasteiger charge is -2.35. The maximum absolute atomic E-state index is 13.6. The van der Waals surface area contributed by atoms with E-state index in [1.807, 2.05) is 0 Å². The zero-order valence-corrected chi connectivity index (χ0v) is 26.6. The van der Waals surface area contributed by atoms with Gasteiger partial charge in [-0.15, -0.1) is 0 Å². The molecule has 2 N–H and O–H groups in total. The first-order chi connectivity index (χ1) is 22.8. The molecule has 1 saturated heterocycles. The summed E-state index contributed by atoms with van der Waals surface area (Å²) < 4.78 is 72.4. The minimum atomic E-state index is -4.60. The second-order valence-electron chi connectivity index (χ2n) is 11.2. The number of halogens is 3. The van der Waals surface area contributed by atoms with Gasteiger partial charge in [-0.3, -0.25) is 14.6 Å². The number of carbonyl (C=O) groups excluding carboxylic acids is 2. The molecule has 0 spiro atoms. The summed E-state index contributed by atoms with van der Waals surface area (Å²) in [7, 11) is -2.17. The zero-order chi connectivity index (χ0) is 34.2. The maximum atomic E-state index is 13.6. The van der Waals surface area contributed by atoms with Gasteiger partial charge in [0.1, 0.15) is 5.82 Å². The number of hydrogen-bond donors (Lipinski definition) is 2. The second kappa shape index (κ2) is 12.9. The third-order valence-electron chi connectivity index (χ3n) is 7.91. The van der Waals surface area contributed by atoms with E-state index in [4.69, 9.17) is 4.74 Å². The lowest BCUT2D eigenvalue weighted by atomic mass is 10.1. The van der Waals surface area contributed by atoms with E-state index in [0.29, 0.717) is 41.5 Å². The predicted octanol–water partition coefficient (Wildman–Crippen LogP) is 5.40. The maximum Gasteiger partial charge on any atom is 0.416 e. The molecule has 0 aliphatic carbocycles. The lowest BCUT2D eigenvalue weighted by molar-refractivity contribution is -0.137. The zero-order valence-electron chi connectivity index (χ0n) is 25.8. The van der Waals surface area contributed by atoms with Crippen LogP contribution < -0.4 is 20.4 Å². The fourth-order valence-corrected chi connectivity index (χ4v) is 6.83. The van der Waals surface area contributed by atoms with Gasteiger partial charge in [-0.05, 0) is 61.0 Å². The van der Waals surface area contributed by atoms with Gasteiger partial charge in [0.25, 0.3) is 5.91 Å². The van der Waals surface area contributed by atoms with Gasteiger partial charge in [0.2, 0.25) is 16.0 Å². The second-order valence-corrected chi connectivity index (χ2v) is 13.1. The number of nitrogens with one attached hydrogen (secondary N) is 2. The van der Waals surface area contributed by atoms with Crippen LogP contribution in [0.1, 0.15) is 27.0 Å². The van der Waals surface area contributed by atoms with Gasteiger partial charge in [-0.1, -0.05) is 18.2 Å². The van der Waals surface area contributed by atoms with E-state index in [-0.39, 0.29) is 41.7 Å². The van der Waals surface area contributed by atoms with Crippen LogP contribution >= 0.6 is 0 Å². The number of aromatic nitrogens is 2. The standard InChI is InChI=1S/C32H30F3N7O5S/c1-20-9-10-25(37-29(43)21-5-3-6-23(15-21)32(33,34)35)17-27(20)42-19-22-18-36-30(39-28(22)40(2)31(42)44)38-24-7-4-8-26(16-24)48(45,46)41-11-13-47-14-12-41/h3-10,15-18H,11-14,19H2,1-2H3,(H,37,43)(H,36,38,39). The molecular formula is C32H30F3N7O5S. The van der Waals surface area contributed by atoms with Crippen molar-refractivity contribution in [1.82, 2.24) is 14.3 Å². The molecular weight excluding hydrogens is 651 g/mol. The van der Waals surface area contributed by atoms with E-state index >= 15 is 0 Å². The van der Waals surface area contributed by atoms with Crippen LogP contribution in [-0.2, 0) is 27.5 Å². The quantitative estimate of drug-likeness (QED) is 0.265. The fourth-order valence-electron chi connectivity index (χ4n) is 5.38. The molecule has 0 atom stereocenters. The average Bonchev–Trinajstić information content (AvgIpc) is 3.07. The van der Waals surface area contributed by atoms with Crippen LogP contribution in [0.4, 0.5) is 46.8 Å². The van der Waals surface area contributed by atoms with E-state index in [1.54, 1.807) is 50.5 Å². The number of benzene rings is 3. The number of alkyl halides is 3. The topological polar surface area (TPSA) is 137 Å². The number of carbonyl (C=O) groups is 2. The number of fused-ring (bicyclic) bond motifs is 1. The summed E-state index contributed by atoms with van der Waals surface area (Å²) in [6.07, 6.45) is -3.04. The van der Waals surface area contributed by atoms with Crippen molar-refractivity contribution in [3.8, 4) is 0 Å². The van der Waals surface area contributed by atoms with Crippen molar-refractivity contribution in [2.24, 2.45) is 0 Å². The molecule has 12 nitrogen and oxygen atoms in total. The normalized spacial score (nSPS) is 15.6. The largest absolute Gasteiger partial charge is 0.416 e. The third kappa shape index (κ3) is 6.67. The van der Waals surface area contributed by atoms with E-state index < -0.39 is 33.7 Å². The number of aryl methyl sites for hydroxylation is 1. The molecule has 1 aromatic heterocycles. The van der Waals surface area contributed by atoms with Gasteiger partial charge in [0.15, 0.2) is 0 Å². The van der Waals surface area contributed by atoms with Gasteiger partial charge >= 0.3 is 12.2 Å². The minimum Gasteiger partial charge on any atom is -0.379 e. The van der Waals surface area contributed by atoms with Crippen molar-refractivity contribution in [1.29, 1.82) is 0 Å². The first-order valence-corrected chi connectivity index (χ1v) is 16.2. The number of sulfonamides is 1. The highest BCUT2D eigenvalue weighted by atomic mass is 32.2. The van der Waals surface area contributed by atoms with Gasteiger partial charge in [-0.25, -0.2) is 18.2 Å². The number of anilines is 5. The Balaban J connectivity index is 1.20. The number of amides is 3. The fraction of sp³-hybridized carbons (Fsp3) is 0.250. The van der Waals surface area contributed by atoms with Crippen molar-refractivity contribution in [3.63, 3.8) is 0 Å². The number of morpholine rings is 1. The molecule has 4 aromatic rings. The Morgan fingerprint density at radius 3 is 2.48 bits per heavy atom. The van der Waals surface area contributed by atoms with Crippen LogP contribution in [0, 0.1) is 6.92 Å². The Morgan fingerprint density at radius 1 is 0.979 bits per heavy atom. The molecule has 3 amide bonds. The number of rotatable bonds is 7. The molecule has 0 unspecified atom stereocenters. The molecule has 2 aliphatic heterocycles. The van der Waals surface area contributed by atoms with Crippen LogP contribution in [0.3, 0.4) is 0 Å². The molecule has 0 saturated carbocycles. The highest BCUT2D eigenvalue weighted by Gasteiger charge is 2.33. The van der Waals surface area contributed by atoms with Gasteiger partial charge in [0.05, 0.1) is 35.9 Å². The molecule has 3 heterocycles. The van der Waals surface area contributed by atoms with Crippen molar-refractivity contribution >= 4 is 50.8 Å². The summed E-state index contributed by atoms with van der Waals surface area (Å²) in [6, 6.07) is 14.8. The number of urea groups is 1. The highest BCUT2D eigenvalue weighted by molar-refractivity contribution is 7.89. The Labute approximate surface area is 274 Å². The number of nitrogens with zero attached hydrogens (tertiary/aromatic N) is 5. The van der Waals surface area contributed by atoms with Crippen LogP contribution in [0.5, 0.6) is 0 Å². The summed E-state index contributed by atoms with van der Waals surface area (Å²) in [5, 5.41) is 5.64. The molecule has 0 radical (unpaired) electrons. The van der Waals surface area contributed by atoms with Crippen molar-refractivity contribution in [3.05, 3.63) is 95.2 Å². The van der Waals surface area contributed by atoms with E-state index in [1.165, 1.54) is 32.3 Å². The Kier molecular flexibility index (Phi) is 8.80. The Morgan fingerprint density at radius 2 is 1.73 bits per heavy atom. The van der Waals surface area contributed by atoms with Crippen molar-refractivity contribution < 1.29 is 35.9 Å². The van der Waals surface area contributed by atoms with Crippen LogP contribution in [0.15, 0.2) is 77.8 Å². The number of hydrogen-bond acceptors (Lipinski definition) is 8. The molecule has 250 valence electrons. The summed E-state index contributed by atoms with van der Waals surface area (Å²) >= 11 is 0. The first-order valence-electron chi connectivity index (χ1n) is 14.8. The summed E-state index contributed by atoms with van der Waals surface area (Å²) in [5.74, 6) is -0.239. The van der Waals surface area contributed by atoms with E-state index in [9.17, 15) is 31.2 Å². The molecule has 1 fully saturated rings. The molecule has 3 aromatic carbocycles. The van der Waals surface area contributed by atoms with E-state index in [0.717, 1.165) is 18.2 Å². The Bertz CT molecular complexity index is 2000. The summed E-state index contributed by atoms with van der Waals surface area (Å²) in [5.41, 5.74) is 1.42. The highest BCUT2D eigenvalue weighted by Crippen LogP contribution is 2.34. The first kappa shape index (κ1) is 32.9. The summed E-state index contributed by atoms with van der Waals surface area (Å²) in [6.45, 7) is 3.07. The van der Waals surface area contributed by atoms with E-state index in [2.05, 4.69) is 20.6 Å². The Hall–Kier alpha value is -5.06. The summed E-state index contributed by atoms with van der Waals surface area (Å²) in [4.78, 5) is 38.3. The molecule has 48 heavy (non-hydrogen) atoms. The smallest absolute Gasteiger partial charge is 0.379 e. The average molecular weight is 682 g/mol. The predicted molar refractivity (Wildman–Crippen MR) is 172 cm³/mol. The third-order valence-corrected chi connectivity index (χ3v) is 9.81. The molecule has 16 heteroatoms. The monoisotopic (exact) mass is 681 g/mol. The van der Waals surface area contributed by atoms with Crippen molar-refractivity contribution in [2.45, 2.75) is 24.5 Å². The lowest BCUT2D eigenvalue weighted by Crippen LogP contribution is -2.46. The molecule has 6 rings (SSSR count). The molecule has 0 bridgehead atoms. The van der Waals surface area contributed by atoms with Gasteiger partial charge in [-0.2, -0.15) is 22.5 Å². The number of ether oxygens (including phenoxy) is 1. The van der Waals surface area contributed by atoms with Crippen LogP contribution in [-0.4, -0.2) is 68.0 Å². The molecule has 2 aliphatic rings. The van der Waals surface area contributed by atoms with Gasteiger partial charge < -0.3 is 15.4 Å². The van der Waals surface area contributed by atoms with Crippen molar-refractivity contribution in [2.75, 3.05) is 53.8 Å². The minimum absolute atomic E-state index is 0.0952. The van der Waals surface area contributed by atoms with Crippen LogP contribution in [0.2, 0.25) is 0 Å². The van der Waals surface area contributed by atoms with Crippen LogP contribution in [0.25, 0.3) is 0 Å². The SMILES string of the molecule is Cc1ccc(NC(=O)c2cccc(C(F)(F)F)c2)cc1N1Cc2cnc(Nc3cccc(S(=O)(=O)N4CCOCC4)c3)nc2N(C)C1=O. The van der Waals surface area contributed by atoms with Gasteiger partial charge in [0, 0.05) is 48.8 Å².